The summed E-state index contributed by atoms with van der Waals surface area (Å²) in [6.07, 6.45) is 0. The third-order valence-corrected chi connectivity index (χ3v) is 2.97. The Labute approximate surface area is 103 Å². The highest BCUT2D eigenvalue weighted by Gasteiger charge is 2.28. The fourth-order valence-corrected chi connectivity index (χ4v) is 2.13. The third kappa shape index (κ3) is 2.66. The van der Waals surface area contributed by atoms with E-state index in [1.54, 1.807) is 0 Å². The summed E-state index contributed by atoms with van der Waals surface area (Å²) < 4.78 is 40.3. The van der Waals surface area contributed by atoms with E-state index in [9.17, 15) is 18.0 Å². The molecule has 7 nitrogen and oxygen atoms in total. The van der Waals surface area contributed by atoms with Gasteiger partial charge in [-0.05, 0) is 18.2 Å². The normalized spacial score (nSPS) is 10.8. The van der Waals surface area contributed by atoms with Crippen LogP contribution >= 0.6 is 0 Å². The molecule has 1 rings (SSSR count). The number of carbonyl (C=O) groups is 2. The highest BCUT2D eigenvalue weighted by atomic mass is 32.2. The highest BCUT2D eigenvalue weighted by Crippen LogP contribution is 2.22. The monoisotopic (exact) mass is 273 g/mol. The largest absolute Gasteiger partial charge is 0.465 e. The quantitative estimate of drug-likeness (QED) is 0.623. The standard InChI is InChI=1S/C10H9O7S/c1-16-9(11)6-4-3-5-7(10(12)17-2)8(6)18(13,14)15/h4-5H,1-2H3,(H,13,14,15). The van der Waals surface area contributed by atoms with Gasteiger partial charge in [-0.25, -0.2) is 9.59 Å². The molecule has 0 heterocycles. The third-order valence-electron chi connectivity index (χ3n) is 2.01. The van der Waals surface area contributed by atoms with Gasteiger partial charge in [-0.3, -0.25) is 4.55 Å². The molecule has 0 spiro atoms. The molecule has 0 fully saturated rings. The van der Waals surface area contributed by atoms with Gasteiger partial charge in [0.25, 0.3) is 10.1 Å². The first kappa shape index (κ1) is 14.1. The lowest BCUT2D eigenvalue weighted by Gasteiger charge is -2.09. The first-order valence-electron chi connectivity index (χ1n) is 4.51. The molecule has 1 N–H and O–H groups in total. The van der Waals surface area contributed by atoms with Crippen molar-refractivity contribution in [2.45, 2.75) is 4.90 Å². The zero-order chi connectivity index (χ0) is 13.9. The van der Waals surface area contributed by atoms with Crippen molar-refractivity contribution in [2.24, 2.45) is 0 Å². The van der Waals surface area contributed by atoms with Crippen LogP contribution in [0.15, 0.2) is 17.0 Å². The number of ether oxygens (including phenoxy) is 2. The van der Waals surface area contributed by atoms with E-state index in [2.05, 4.69) is 15.5 Å². The minimum atomic E-state index is -4.80. The molecule has 1 aromatic rings. The first-order chi connectivity index (χ1) is 8.32. The van der Waals surface area contributed by atoms with Crippen LogP contribution in [-0.2, 0) is 19.6 Å². The SMILES string of the molecule is COC(=O)c1c[c]cc(C(=O)OC)c1S(=O)(=O)O. The predicted molar refractivity (Wildman–Crippen MR) is 57.8 cm³/mol. The molecular formula is C10H9O7S. The minimum absolute atomic E-state index is 0.497. The first-order valence-corrected chi connectivity index (χ1v) is 5.95. The maximum Gasteiger partial charge on any atom is 0.339 e. The Morgan fingerprint density at radius 3 is 1.78 bits per heavy atom. The van der Waals surface area contributed by atoms with Gasteiger partial charge in [0.05, 0.1) is 25.3 Å². The van der Waals surface area contributed by atoms with Gasteiger partial charge in [-0.2, -0.15) is 8.42 Å². The zero-order valence-corrected chi connectivity index (χ0v) is 10.3. The Hall–Kier alpha value is -1.93. The molecule has 0 saturated heterocycles. The van der Waals surface area contributed by atoms with Gasteiger partial charge in [0.15, 0.2) is 0 Å². The van der Waals surface area contributed by atoms with Crippen LogP contribution in [0.3, 0.4) is 0 Å². The number of esters is 2. The Bertz CT molecular complexity index is 554. The van der Waals surface area contributed by atoms with E-state index in [-0.39, 0.29) is 0 Å². The van der Waals surface area contributed by atoms with Crippen molar-refractivity contribution in [3.63, 3.8) is 0 Å². The van der Waals surface area contributed by atoms with E-state index in [1.807, 2.05) is 0 Å². The van der Waals surface area contributed by atoms with Gasteiger partial charge in [0.1, 0.15) is 4.90 Å². The molecule has 1 radical (unpaired) electrons. The summed E-state index contributed by atoms with van der Waals surface area (Å²) in [6.45, 7) is 0. The van der Waals surface area contributed by atoms with Crippen LogP contribution in [0.25, 0.3) is 0 Å². The number of carbonyl (C=O) groups excluding carboxylic acids is 2. The molecule has 8 heteroatoms. The lowest BCUT2D eigenvalue weighted by atomic mass is 10.1. The van der Waals surface area contributed by atoms with Crippen molar-refractivity contribution in [1.29, 1.82) is 0 Å². The molecule has 0 aliphatic rings. The van der Waals surface area contributed by atoms with Crippen molar-refractivity contribution >= 4 is 22.1 Å². The van der Waals surface area contributed by atoms with Crippen LogP contribution in [0.2, 0.25) is 0 Å². The topological polar surface area (TPSA) is 107 Å². The number of benzene rings is 1. The minimum Gasteiger partial charge on any atom is -0.465 e. The van der Waals surface area contributed by atoms with Crippen LogP contribution in [0, 0.1) is 6.07 Å². The van der Waals surface area contributed by atoms with E-state index < -0.39 is 38.1 Å². The van der Waals surface area contributed by atoms with E-state index in [4.69, 9.17) is 4.55 Å². The van der Waals surface area contributed by atoms with Gasteiger partial charge in [-0.15, -0.1) is 0 Å². The second-order valence-corrected chi connectivity index (χ2v) is 4.43. The molecule has 0 unspecified atom stereocenters. The number of hydrogen-bond donors (Lipinski definition) is 1. The lowest BCUT2D eigenvalue weighted by molar-refractivity contribution is 0.0589. The predicted octanol–water partition coefficient (Wildman–Crippen LogP) is 0.307. The summed E-state index contributed by atoms with van der Waals surface area (Å²) in [5, 5.41) is 0. The molecule has 0 bridgehead atoms. The maximum absolute atomic E-state index is 11.4. The summed E-state index contributed by atoms with van der Waals surface area (Å²) in [4.78, 5) is 21.9. The Morgan fingerprint density at radius 1 is 1.11 bits per heavy atom. The fraction of sp³-hybridized carbons (Fsp3) is 0.200. The average molecular weight is 273 g/mol. The average Bonchev–Trinajstić information content (AvgIpc) is 2.34. The Morgan fingerprint density at radius 2 is 1.50 bits per heavy atom. The summed E-state index contributed by atoms with van der Waals surface area (Å²) >= 11 is 0. The molecule has 1 aromatic carbocycles. The van der Waals surface area contributed by atoms with Gasteiger partial charge >= 0.3 is 11.9 Å². The van der Waals surface area contributed by atoms with Crippen LogP contribution in [-0.4, -0.2) is 39.1 Å². The van der Waals surface area contributed by atoms with Crippen molar-refractivity contribution < 1.29 is 32.0 Å². The summed E-state index contributed by atoms with van der Waals surface area (Å²) in [7, 11) is -2.74. The van der Waals surface area contributed by atoms with Crippen LogP contribution in [0.5, 0.6) is 0 Å². The van der Waals surface area contributed by atoms with Crippen molar-refractivity contribution in [3.05, 3.63) is 29.3 Å². The van der Waals surface area contributed by atoms with Gasteiger partial charge < -0.3 is 9.47 Å². The van der Waals surface area contributed by atoms with E-state index in [0.717, 1.165) is 26.4 Å². The number of hydrogen-bond acceptors (Lipinski definition) is 6. The zero-order valence-electron chi connectivity index (χ0n) is 9.46. The van der Waals surface area contributed by atoms with E-state index in [1.165, 1.54) is 0 Å². The van der Waals surface area contributed by atoms with Gasteiger partial charge in [0, 0.05) is 0 Å². The molecule has 18 heavy (non-hydrogen) atoms. The highest BCUT2D eigenvalue weighted by molar-refractivity contribution is 7.86. The second kappa shape index (κ2) is 5.15. The molecule has 0 aliphatic heterocycles. The smallest absolute Gasteiger partial charge is 0.339 e. The van der Waals surface area contributed by atoms with Crippen LogP contribution in [0.1, 0.15) is 20.7 Å². The molecule has 0 aliphatic carbocycles. The molecule has 0 amide bonds. The van der Waals surface area contributed by atoms with E-state index >= 15 is 0 Å². The van der Waals surface area contributed by atoms with Crippen molar-refractivity contribution in [2.75, 3.05) is 14.2 Å². The van der Waals surface area contributed by atoms with Crippen molar-refractivity contribution in [1.82, 2.24) is 0 Å². The van der Waals surface area contributed by atoms with Gasteiger partial charge in [-0.1, -0.05) is 0 Å². The molecule has 0 atom stereocenters. The molecule has 0 saturated carbocycles. The summed E-state index contributed by atoms with van der Waals surface area (Å²) in [5.74, 6) is -2.05. The van der Waals surface area contributed by atoms with Crippen LogP contribution in [0.4, 0.5) is 0 Å². The van der Waals surface area contributed by atoms with E-state index in [0.29, 0.717) is 0 Å². The fourth-order valence-electron chi connectivity index (χ4n) is 1.29. The van der Waals surface area contributed by atoms with Gasteiger partial charge in [0.2, 0.25) is 0 Å². The number of methoxy groups -OCH3 is 2. The number of rotatable bonds is 3. The second-order valence-electron chi connectivity index (χ2n) is 3.07. The molecule has 97 valence electrons. The Balaban J connectivity index is 3.66. The summed E-state index contributed by atoms with van der Waals surface area (Å²) in [6, 6.07) is 4.37. The summed E-state index contributed by atoms with van der Waals surface area (Å²) in [5.41, 5.74) is -0.995. The lowest BCUT2D eigenvalue weighted by Crippen LogP contribution is -2.16. The molecular weight excluding hydrogens is 264 g/mol. The molecule has 0 aromatic heterocycles. The maximum atomic E-state index is 11.4. The Kier molecular flexibility index (Phi) is 4.04. The van der Waals surface area contributed by atoms with Crippen LogP contribution < -0.4 is 0 Å². The van der Waals surface area contributed by atoms with Crippen molar-refractivity contribution in [3.8, 4) is 0 Å².